The van der Waals surface area contributed by atoms with Crippen LogP contribution in [0.25, 0.3) is 69.0 Å². The Morgan fingerprint density at radius 2 is 0.840 bits per heavy atom. The summed E-state index contributed by atoms with van der Waals surface area (Å²) in [5.74, 6) is -2.48. The topological polar surface area (TPSA) is 125 Å². The molecule has 9 rings (SSSR count). The number of carboxylic acid groups (broad SMARTS) is 2. The standard InChI is InChI=1S/C66H47N3O4S2/c1-44-8-23-54(38-45(44)2)62(51-6-4-3-5-7-51)39-50-21-32-59(33-22-50)69(57-28-17-48(18-29-57)11-9-46-13-24-52(25-14-46)63-36-34-60(74-63)40-55(42-67)65(70)71)58-30-19-49(20-31-58)12-10-47-15-26-53(27-16-47)64-37-35-61(75-64)41-56(43-68)66(72)73/h3-41H,1-2H3,(H,70,71)(H,72,73)/b11-9+,12-10+,55-40-,56-41-,62-39-. The smallest absolute Gasteiger partial charge is 0.346 e. The maximum atomic E-state index is 11.3. The molecule has 362 valence electrons. The van der Waals surface area contributed by atoms with E-state index in [0.29, 0.717) is 9.75 Å². The van der Waals surface area contributed by atoms with E-state index in [9.17, 15) is 19.8 Å². The second kappa shape index (κ2) is 23.3. The summed E-state index contributed by atoms with van der Waals surface area (Å²) in [6.45, 7) is 4.30. The molecule has 0 unspecified atom stereocenters. The number of aryl methyl sites for hydroxylation is 2. The Hall–Kier alpha value is -9.64. The highest BCUT2D eigenvalue weighted by atomic mass is 32.1. The van der Waals surface area contributed by atoms with Gasteiger partial charge in [-0.05, 0) is 160 Å². The van der Waals surface area contributed by atoms with Crippen molar-refractivity contribution >= 4 is 99.8 Å². The molecule has 0 aliphatic heterocycles. The van der Waals surface area contributed by atoms with Gasteiger partial charge < -0.3 is 15.1 Å². The van der Waals surface area contributed by atoms with Gasteiger partial charge in [-0.2, -0.15) is 10.5 Å². The Labute approximate surface area is 444 Å². The molecule has 0 saturated heterocycles. The fourth-order valence-corrected chi connectivity index (χ4v) is 10.2. The van der Waals surface area contributed by atoms with E-state index in [1.165, 1.54) is 51.5 Å². The highest BCUT2D eigenvalue weighted by molar-refractivity contribution is 7.16. The van der Waals surface area contributed by atoms with Gasteiger partial charge in [0, 0.05) is 36.6 Å². The number of hydrogen-bond acceptors (Lipinski definition) is 7. The molecule has 2 N–H and O–H groups in total. The van der Waals surface area contributed by atoms with E-state index in [0.717, 1.165) is 76.9 Å². The minimum absolute atomic E-state index is 0.297. The van der Waals surface area contributed by atoms with Gasteiger partial charge in [0.15, 0.2) is 0 Å². The quantitative estimate of drug-likeness (QED) is 0.0561. The minimum Gasteiger partial charge on any atom is -0.477 e. The highest BCUT2D eigenvalue weighted by Crippen LogP contribution is 2.37. The van der Waals surface area contributed by atoms with Crippen LogP contribution < -0.4 is 4.90 Å². The molecular weight excluding hydrogens is 963 g/mol. The molecule has 0 fully saturated rings. The molecule has 0 spiro atoms. The summed E-state index contributed by atoms with van der Waals surface area (Å²) in [6, 6.07) is 70.2. The SMILES string of the molecule is Cc1ccc(/C(=C\c2ccc(N(c3ccc(/C=C/c4ccc(-c5ccc(/C=C(/C#N)C(=O)O)s5)cc4)cc3)c3ccc(/C=C/c4ccc(-c5ccc(/C=C(/C#N)C(=O)O)s5)cc4)cc3)cc2)c2ccccc2)cc1C. The Kier molecular flexibility index (Phi) is 15.6. The summed E-state index contributed by atoms with van der Waals surface area (Å²) in [7, 11) is 0. The molecule has 9 aromatic rings. The van der Waals surface area contributed by atoms with Gasteiger partial charge in [-0.3, -0.25) is 0 Å². The van der Waals surface area contributed by atoms with E-state index < -0.39 is 11.9 Å². The number of thiophene rings is 2. The van der Waals surface area contributed by atoms with Gasteiger partial charge in [0.2, 0.25) is 0 Å². The molecule has 2 heterocycles. The van der Waals surface area contributed by atoms with E-state index in [1.807, 2.05) is 54.6 Å². The lowest BCUT2D eigenvalue weighted by molar-refractivity contribution is -0.133. The van der Waals surface area contributed by atoms with Crippen molar-refractivity contribution < 1.29 is 19.8 Å². The van der Waals surface area contributed by atoms with Gasteiger partial charge >= 0.3 is 11.9 Å². The number of rotatable bonds is 16. The average molecular weight is 1010 g/mol. The molecule has 0 atom stereocenters. The number of carbonyl (C=O) groups is 2. The van der Waals surface area contributed by atoms with Crippen molar-refractivity contribution in [2.75, 3.05) is 4.90 Å². The average Bonchev–Trinajstić information content (AvgIpc) is 4.12. The monoisotopic (exact) mass is 1010 g/mol. The summed E-state index contributed by atoms with van der Waals surface area (Å²) in [5.41, 5.74) is 15.6. The maximum absolute atomic E-state index is 11.3. The van der Waals surface area contributed by atoms with Gasteiger partial charge in [-0.25, -0.2) is 9.59 Å². The molecule has 0 saturated carbocycles. The van der Waals surface area contributed by atoms with E-state index in [4.69, 9.17) is 10.5 Å². The zero-order chi connectivity index (χ0) is 52.3. The van der Waals surface area contributed by atoms with Gasteiger partial charge in [0.25, 0.3) is 0 Å². The molecule has 0 radical (unpaired) electrons. The number of benzene rings is 7. The van der Waals surface area contributed by atoms with E-state index >= 15 is 0 Å². The van der Waals surface area contributed by atoms with Crippen molar-refractivity contribution in [1.82, 2.24) is 0 Å². The zero-order valence-electron chi connectivity index (χ0n) is 40.9. The first-order valence-electron chi connectivity index (χ1n) is 23.9. The lowest BCUT2D eigenvalue weighted by Gasteiger charge is -2.26. The van der Waals surface area contributed by atoms with Gasteiger partial charge in [-0.1, -0.05) is 158 Å². The second-order valence-corrected chi connectivity index (χ2v) is 19.8. The Bertz CT molecular complexity index is 3590. The van der Waals surface area contributed by atoms with Crippen LogP contribution in [0.4, 0.5) is 17.1 Å². The fourth-order valence-electron chi connectivity index (χ4n) is 8.30. The summed E-state index contributed by atoms with van der Waals surface area (Å²) in [6.07, 6.45) is 13.4. The number of aliphatic carboxylic acids is 2. The second-order valence-electron chi connectivity index (χ2n) is 17.6. The number of carboxylic acids is 2. The molecule has 7 nitrogen and oxygen atoms in total. The van der Waals surface area contributed by atoms with Crippen LogP contribution in [-0.2, 0) is 9.59 Å². The fraction of sp³-hybridized carbons (Fsp3) is 0.0303. The molecule has 7 aromatic carbocycles. The Morgan fingerprint density at radius 1 is 0.440 bits per heavy atom. The third kappa shape index (κ3) is 12.5. The van der Waals surface area contributed by atoms with E-state index in [2.05, 4.69) is 189 Å². The zero-order valence-corrected chi connectivity index (χ0v) is 42.5. The van der Waals surface area contributed by atoms with Crippen molar-refractivity contribution in [2.45, 2.75) is 13.8 Å². The molecule has 0 aliphatic rings. The first-order valence-corrected chi connectivity index (χ1v) is 25.6. The largest absolute Gasteiger partial charge is 0.477 e. The van der Waals surface area contributed by atoms with Gasteiger partial charge in [-0.15, -0.1) is 22.7 Å². The van der Waals surface area contributed by atoms with Crippen LogP contribution in [-0.4, -0.2) is 22.2 Å². The molecule has 2 aromatic heterocycles. The van der Waals surface area contributed by atoms with Crippen molar-refractivity contribution in [2.24, 2.45) is 0 Å². The van der Waals surface area contributed by atoms with Crippen molar-refractivity contribution in [3.05, 3.63) is 265 Å². The molecule has 75 heavy (non-hydrogen) atoms. The minimum atomic E-state index is -1.24. The predicted molar refractivity (Wildman–Crippen MR) is 310 cm³/mol. The molecular formula is C66H47N3O4S2. The maximum Gasteiger partial charge on any atom is 0.346 e. The predicted octanol–water partition coefficient (Wildman–Crippen LogP) is 17.1. The summed E-state index contributed by atoms with van der Waals surface area (Å²) < 4.78 is 0. The first-order chi connectivity index (χ1) is 36.5. The number of hydrogen-bond donors (Lipinski definition) is 2. The third-order valence-corrected chi connectivity index (χ3v) is 14.7. The first kappa shape index (κ1) is 50.3. The van der Waals surface area contributed by atoms with Crippen LogP contribution in [0.15, 0.2) is 205 Å². The van der Waals surface area contributed by atoms with Crippen LogP contribution in [0.3, 0.4) is 0 Å². The summed E-state index contributed by atoms with van der Waals surface area (Å²) in [4.78, 5) is 28.3. The molecule has 0 bridgehead atoms. The third-order valence-electron chi connectivity index (χ3n) is 12.5. The Morgan fingerprint density at radius 3 is 1.23 bits per heavy atom. The van der Waals surface area contributed by atoms with Crippen LogP contribution in [0, 0.1) is 36.5 Å². The summed E-state index contributed by atoms with van der Waals surface area (Å²) in [5, 5.41) is 36.8. The number of nitriles is 2. The molecule has 0 amide bonds. The van der Waals surface area contributed by atoms with Crippen molar-refractivity contribution in [3.8, 4) is 33.0 Å². The normalized spacial score (nSPS) is 11.9. The number of nitrogens with zero attached hydrogens (tertiary/aromatic N) is 3. The van der Waals surface area contributed by atoms with Crippen LogP contribution in [0.5, 0.6) is 0 Å². The van der Waals surface area contributed by atoms with E-state index in [-0.39, 0.29) is 11.1 Å². The lowest BCUT2D eigenvalue weighted by Crippen LogP contribution is -2.09. The van der Waals surface area contributed by atoms with Gasteiger partial charge in [0.1, 0.15) is 23.3 Å². The molecule has 0 aliphatic carbocycles. The highest BCUT2D eigenvalue weighted by Gasteiger charge is 2.15. The summed E-state index contributed by atoms with van der Waals surface area (Å²) >= 11 is 2.87. The van der Waals surface area contributed by atoms with Crippen molar-refractivity contribution in [1.29, 1.82) is 10.5 Å². The number of anilines is 3. The van der Waals surface area contributed by atoms with Crippen LogP contribution >= 0.6 is 22.7 Å². The van der Waals surface area contributed by atoms with Crippen LogP contribution in [0.1, 0.15) is 59.8 Å². The Balaban J connectivity index is 0.963. The lowest BCUT2D eigenvalue weighted by atomic mass is 9.93. The molecule has 9 heteroatoms. The van der Waals surface area contributed by atoms with Crippen molar-refractivity contribution in [3.63, 3.8) is 0 Å². The van der Waals surface area contributed by atoms with E-state index in [1.54, 1.807) is 12.1 Å². The van der Waals surface area contributed by atoms with Gasteiger partial charge in [0.05, 0.1) is 0 Å². The van der Waals surface area contributed by atoms with Crippen LogP contribution in [0.2, 0.25) is 0 Å².